The van der Waals surface area contributed by atoms with E-state index in [1.807, 2.05) is 0 Å². The Kier molecular flexibility index (Phi) is 4.39. The van der Waals surface area contributed by atoms with Gasteiger partial charge in [0.25, 0.3) is 0 Å². The zero-order valence-corrected chi connectivity index (χ0v) is 11.5. The summed E-state index contributed by atoms with van der Waals surface area (Å²) in [7, 11) is 0. The zero-order chi connectivity index (χ0) is 15.4. The van der Waals surface area contributed by atoms with E-state index in [1.165, 1.54) is 16.9 Å². The third-order valence-corrected chi connectivity index (χ3v) is 2.98. The monoisotopic (exact) mass is 309 g/mol. The van der Waals surface area contributed by atoms with Crippen LogP contribution in [0.1, 0.15) is 20.8 Å². The highest BCUT2D eigenvalue weighted by Gasteiger charge is 2.08. The highest BCUT2D eigenvalue weighted by atomic mass is 35.5. The topological polar surface area (TPSA) is 123 Å². The van der Waals surface area contributed by atoms with Crippen molar-refractivity contribution in [3.8, 4) is 0 Å². The molecule has 1 heterocycles. The number of carboxylic acid groups (broad SMARTS) is 1. The van der Waals surface area contributed by atoms with Gasteiger partial charge in [0.05, 0.1) is 23.3 Å². The molecule has 21 heavy (non-hydrogen) atoms. The molecule has 0 atom stereocenters. The number of carbonyl (C=O) groups excluding carboxylic acids is 1. The van der Waals surface area contributed by atoms with E-state index in [1.54, 1.807) is 12.1 Å². The van der Waals surface area contributed by atoms with Crippen LogP contribution in [-0.2, 0) is 6.54 Å². The van der Waals surface area contributed by atoms with Crippen molar-refractivity contribution in [3.05, 3.63) is 40.7 Å². The number of carbonyl (C=O) groups is 2. The van der Waals surface area contributed by atoms with E-state index in [0.29, 0.717) is 18.8 Å². The largest absolute Gasteiger partial charge is 0.476 e. The van der Waals surface area contributed by atoms with Crippen LogP contribution in [0.3, 0.4) is 0 Å². The Hall–Kier alpha value is -2.61. The summed E-state index contributed by atoms with van der Waals surface area (Å²) in [6.45, 7) is 0.907. The van der Waals surface area contributed by atoms with Gasteiger partial charge in [-0.3, -0.25) is 4.79 Å². The van der Waals surface area contributed by atoms with E-state index < -0.39 is 11.9 Å². The van der Waals surface area contributed by atoms with Gasteiger partial charge in [0.15, 0.2) is 5.69 Å². The van der Waals surface area contributed by atoms with E-state index in [4.69, 9.17) is 22.4 Å². The molecular formula is C12H12ClN5O3. The lowest BCUT2D eigenvalue weighted by molar-refractivity contribution is 0.0690. The maximum absolute atomic E-state index is 11.0. The van der Waals surface area contributed by atoms with Gasteiger partial charge in [0.2, 0.25) is 5.91 Å². The van der Waals surface area contributed by atoms with Crippen molar-refractivity contribution in [1.82, 2.24) is 15.0 Å². The summed E-state index contributed by atoms with van der Waals surface area (Å²) >= 11 is 5.92. The Balaban J connectivity index is 1.92. The zero-order valence-electron chi connectivity index (χ0n) is 10.8. The average Bonchev–Trinajstić information content (AvgIpc) is 2.87. The number of hydrogen-bond donors (Lipinski definition) is 3. The van der Waals surface area contributed by atoms with Crippen molar-refractivity contribution in [2.24, 2.45) is 5.73 Å². The summed E-state index contributed by atoms with van der Waals surface area (Å²) in [6, 6.07) is 4.80. The van der Waals surface area contributed by atoms with Crippen molar-refractivity contribution >= 4 is 29.2 Å². The lowest BCUT2D eigenvalue weighted by Gasteiger charge is -2.08. The molecule has 110 valence electrons. The van der Waals surface area contributed by atoms with E-state index >= 15 is 0 Å². The molecule has 2 aromatic rings. The minimum atomic E-state index is -1.12. The van der Waals surface area contributed by atoms with Crippen LogP contribution in [0.2, 0.25) is 5.02 Å². The first-order valence-corrected chi connectivity index (χ1v) is 6.32. The molecule has 8 nitrogen and oxygen atoms in total. The van der Waals surface area contributed by atoms with Crippen molar-refractivity contribution in [3.63, 3.8) is 0 Å². The molecule has 4 N–H and O–H groups in total. The Bertz CT molecular complexity index is 685. The number of rotatable bonds is 6. The lowest BCUT2D eigenvalue weighted by atomic mass is 10.2. The van der Waals surface area contributed by atoms with Gasteiger partial charge in [0.1, 0.15) is 0 Å². The molecule has 1 aromatic carbocycles. The smallest absolute Gasteiger partial charge is 0.358 e. The van der Waals surface area contributed by atoms with Crippen LogP contribution in [0, 0.1) is 0 Å². The van der Waals surface area contributed by atoms with Crippen LogP contribution < -0.4 is 11.1 Å². The second-order valence-corrected chi connectivity index (χ2v) is 4.56. The van der Waals surface area contributed by atoms with Gasteiger partial charge >= 0.3 is 5.97 Å². The first-order valence-electron chi connectivity index (χ1n) is 5.94. The number of benzene rings is 1. The first kappa shape index (κ1) is 14.8. The summed E-state index contributed by atoms with van der Waals surface area (Å²) in [5.74, 6) is -1.71. The number of nitrogens with two attached hydrogens (primary N) is 1. The second kappa shape index (κ2) is 6.23. The van der Waals surface area contributed by atoms with Gasteiger partial charge in [-0.15, -0.1) is 5.10 Å². The number of nitrogens with zero attached hydrogens (tertiary/aromatic N) is 3. The van der Waals surface area contributed by atoms with Gasteiger partial charge in [-0.1, -0.05) is 16.8 Å². The summed E-state index contributed by atoms with van der Waals surface area (Å²) in [5.41, 5.74) is 6.02. The quantitative estimate of drug-likeness (QED) is 0.726. The number of amides is 1. The molecule has 0 aliphatic carbocycles. The van der Waals surface area contributed by atoms with Crippen LogP contribution >= 0.6 is 11.6 Å². The van der Waals surface area contributed by atoms with Gasteiger partial charge in [-0.2, -0.15) is 0 Å². The molecule has 0 unspecified atom stereocenters. The van der Waals surface area contributed by atoms with E-state index in [9.17, 15) is 9.59 Å². The molecule has 0 aliphatic rings. The normalized spacial score (nSPS) is 10.3. The minimum Gasteiger partial charge on any atom is -0.476 e. The molecule has 9 heteroatoms. The van der Waals surface area contributed by atoms with E-state index in [-0.39, 0.29) is 16.3 Å². The summed E-state index contributed by atoms with van der Waals surface area (Å²) in [5, 5.41) is 19.2. The Morgan fingerprint density at radius 1 is 1.43 bits per heavy atom. The molecule has 1 amide bonds. The maximum atomic E-state index is 11.0. The van der Waals surface area contributed by atoms with Gasteiger partial charge in [-0.05, 0) is 18.2 Å². The van der Waals surface area contributed by atoms with Crippen LogP contribution in [-0.4, -0.2) is 38.5 Å². The number of primary amides is 1. The Morgan fingerprint density at radius 2 is 2.19 bits per heavy atom. The molecular weight excluding hydrogens is 298 g/mol. The Morgan fingerprint density at radius 3 is 2.76 bits per heavy atom. The molecule has 0 fully saturated rings. The third-order valence-electron chi connectivity index (χ3n) is 2.66. The number of hydrogen-bond acceptors (Lipinski definition) is 5. The number of aromatic nitrogens is 3. The number of halogens is 1. The fourth-order valence-electron chi connectivity index (χ4n) is 1.65. The Labute approximate surface area is 124 Å². The summed E-state index contributed by atoms with van der Waals surface area (Å²) in [4.78, 5) is 21.7. The van der Waals surface area contributed by atoms with Crippen molar-refractivity contribution < 1.29 is 14.7 Å². The third kappa shape index (κ3) is 3.69. The van der Waals surface area contributed by atoms with E-state index in [0.717, 1.165) is 0 Å². The predicted molar refractivity (Wildman–Crippen MR) is 75.4 cm³/mol. The highest BCUT2D eigenvalue weighted by molar-refractivity contribution is 6.34. The summed E-state index contributed by atoms with van der Waals surface area (Å²) in [6.07, 6.45) is 1.34. The molecule has 0 saturated carbocycles. The van der Waals surface area contributed by atoms with Gasteiger partial charge in [-0.25, -0.2) is 9.48 Å². The van der Waals surface area contributed by atoms with Gasteiger partial charge < -0.3 is 16.2 Å². The molecule has 2 rings (SSSR count). The average molecular weight is 310 g/mol. The molecule has 0 saturated heterocycles. The SMILES string of the molecule is NC(=O)c1ccc(NCCn2cc(C(=O)O)nn2)cc1Cl. The van der Waals surface area contributed by atoms with Crippen molar-refractivity contribution in [1.29, 1.82) is 0 Å². The molecule has 0 radical (unpaired) electrons. The second-order valence-electron chi connectivity index (χ2n) is 4.16. The van der Waals surface area contributed by atoms with Crippen LogP contribution in [0.5, 0.6) is 0 Å². The van der Waals surface area contributed by atoms with Crippen LogP contribution in [0.15, 0.2) is 24.4 Å². The molecule has 1 aromatic heterocycles. The minimum absolute atomic E-state index is 0.108. The summed E-state index contributed by atoms with van der Waals surface area (Å²) < 4.78 is 1.41. The predicted octanol–water partition coefficient (Wildman–Crippen LogP) is 0.841. The fraction of sp³-hybridized carbons (Fsp3) is 0.167. The number of anilines is 1. The number of carboxylic acids is 1. The number of aromatic carboxylic acids is 1. The highest BCUT2D eigenvalue weighted by Crippen LogP contribution is 2.20. The van der Waals surface area contributed by atoms with Crippen molar-refractivity contribution in [2.75, 3.05) is 11.9 Å². The fourth-order valence-corrected chi connectivity index (χ4v) is 1.92. The lowest BCUT2D eigenvalue weighted by Crippen LogP contribution is -2.13. The van der Waals surface area contributed by atoms with Crippen LogP contribution in [0.25, 0.3) is 0 Å². The van der Waals surface area contributed by atoms with E-state index in [2.05, 4.69) is 15.6 Å². The standard InChI is InChI=1S/C12H12ClN5O3/c13-9-5-7(1-2-8(9)11(14)19)15-3-4-18-6-10(12(20)21)16-17-18/h1-2,5-6,15H,3-4H2,(H2,14,19)(H,20,21). The van der Waals surface area contributed by atoms with Gasteiger partial charge in [0, 0.05) is 12.2 Å². The van der Waals surface area contributed by atoms with Crippen molar-refractivity contribution in [2.45, 2.75) is 6.54 Å². The molecule has 0 aliphatic heterocycles. The first-order chi connectivity index (χ1) is 9.97. The van der Waals surface area contributed by atoms with Crippen LogP contribution in [0.4, 0.5) is 5.69 Å². The molecule has 0 bridgehead atoms. The molecule has 0 spiro atoms. The maximum Gasteiger partial charge on any atom is 0.358 e. The number of nitrogens with one attached hydrogen (secondary N) is 1.